The van der Waals surface area contributed by atoms with Crippen molar-refractivity contribution in [1.29, 1.82) is 0 Å². The highest BCUT2D eigenvalue weighted by molar-refractivity contribution is 6.07. The zero-order chi connectivity index (χ0) is 20.9. The molecule has 3 aromatic rings. The Bertz CT molecular complexity index is 1050. The number of fused-ring (bicyclic) bond motifs is 3. The van der Waals surface area contributed by atoms with E-state index in [-0.39, 0.29) is 12.6 Å². The Morgan fingerprint density at radius 3 is 2.67 bits per heavy atom. The topological polar surface area (TPSA) is 77.8 Å². The fourth-order valence-corrected chi connectivity index (χ4v) is 4.22. The second kappa shape index (κ2) is 9.20. The normalized spacial score (nSPS) is 14.7. The molecule has 1 aromatic heterocycles. The highest BCUT2D eigenvalue weighted by atomic mass is 16.5. The van der Waals surface area contributed by atoms with Crippen molar-refractivity contribution in [2.24, 2.45) is 5.92 Å². The maximum Gasteiger partial charge on any atom is 0.306 e. The molecule has 1 aliphatic rings. The summed E-state index contributed by atoms with van der Waals surface area (Å²) in [7, 11) is 1.55. The van der Waals surface area contributed by atoms with Crippen LogP contribution in [0.5, 0.6) is 5.75 Å². The smallest absolute Gasteiger partial charge is 0.306 e. The van der Waals surface area contributed by atoms with Gasteiger partial charge < -0.3 is 19.2 Å². The molecule has 1 aliphatic carbocycles. The van der Waals surface area contributed by atoms with Gasteiger partial charge in [-0.25, -0.2) is 0 Å². The molecule has 6 heteroatoms. The monoisotopic (exact) mass is 409 g/mol. The number of hydrogen-bond acceptors (Lipinski definition) is 5. The van der Waals surface area contributed by atoms with E-state index < -0.39 is 5.91 Å². The van der Waals surface area contributed by atoms with Crippen LogP contribution in [0.3, 0.4) is 0 Å². The number of methoxy groups -OCH3 is 1. The van der Waals surface area contributed by atoms with E-state index in [1.165, 1.54) is 32.1 Å². The molecule has 0 unspecified atom stereocenters. The lowest BCUT2D eigenvalue weighted by atomic mass is 9.86. The minimum Gasteiger partial charge on any atom is -0.495 e. The zero-order valence-electron chi connectivity index (χ0n) is 17.2. The van der Waals surface area contributed by atoms with Gasteiger partial charge in [-0.05, 0) is 24.5 Å². The van der Waals surface area contributed by atoms with Crippen LogP contribution in [0.2, 0.25) is 0 Å². The average Bonchev–Trinajstić information content (AvgIpc) is 3.13. The van der Waals surface area contributed by atoms with Crippen LogP contribution in [0, 0.1) is 5.92 Å². The number of benzene rings is 2. The van der Waals surface area contributed by atoms with Crippen molar-refractivity contribution in [1.82, 2.24) is 0 Å². The molecule has 1 heterocycles. The summed E-state index contributed by atoms with van der Waals surface area (Å²) in [5.41, 5.74) is 1.90. The van der Waals surface area contributed by atoms with E-state index in [1.807, 2.05) is 30.3 Å². The van der Waals surface area contributed by atoms with E-state index in [0.717, 1.165) is 22.8 Å². The first-order chi connectivity index (χ1) is 14.6. The number of furan rings is 1. The van der Waals surface area contributed by atoms with Crippen molar-refractivity contribution in [3.05, 3.63) is 36.4 Å². The Morgan fingerprint density at radius 1 is 1.07 bits per heavy atom. The van der Waals surface area contributed by atoms with Crippen molar-refractivity contribution in [3.8, 4) is 5.75 Å². The predicted molar refractivity (Wildman–Crippen MR) is 116 cm³/mol. The quantitative estimate of drug-likeness (QED) is 0.526. The minimum absolute atomic E-state index is 0.315. The van der Waals surface area contributed by atoms with Crippen molar-refractivity contribution >= 4 is 39.5 Å². The highest BCUT2D eigenvalue weighted by Gasteiger charge is 2.17. The fourth-order valence-electron chi connectivity index (χ4n) is 4.22. The van der Waals surface area contributed by atoms with Gasteiger partial charge in [-0.3, -0.25) is 9.59 Å². The van der Waals surface area contributed by atoms with E-state index in [2.05, 4.69) is 5.32 Å². The number of carbonyl (C=O) groups is 2. The number of carbonyl (C=O) groups excluding carboxylic acids is 2. The molecule has 1 fully saturated rings. The zero-order valence-corrected chi connectivity index (χ0v) is 17.2. The summed E-state index contributed by atoms with van der Waals surface area (Å²) in [5, 5.41) is 4.65. The lowest BCUT2D eigenvalue weighted by Gasteiger charge is -2.20. The van der Waals surface area contributed by atoms with Crippen LogP contribution in [0.15, 0.2) is 40.8 Å². The van der Waals surface area contributed by atoms with Gasteiger partial charge in [0.2, 0.25) is 0 Å². The molecule has 0 bridgehead atoms. The van der Waals surface area contributed by atoms with Gasteiger partial charge in [-0.15, -0.1) is 0 Å². The van der Waals surface area contributed by atoms with Gasteiger partial charge >= 0.3 is 5.97 Å². The Morgan fingerprint density at radius 2 is 1.87 bits per heavy atom. The standard InChI is InChI=1S/C24H27NO5/c1-28-22-13-18-17-9-5-6-10-20(17)30-21(18)14-19(22)25-23(26)15-29-24(27)12-11-16-7-3-2-4-8-16/h5-6,9-10,13-14,16H,2-4,7-8,11-12,15H2,1H3,(H,25,26). The number of para-hydroxylation sites is 1. The third-order valence-electron chi connectivity index (χ3n) is 5.82. The summed E-state index contributed by atoms with van der Waals surface area (Å²) in [5.74, 6) is 0.399. The molecule has 0 spiro atoms. The second-order valence-corrected chi connectivity index (χ2v) is 7.90. The molecule has 0 aliphatic heterocycles. The van der Waals surface area contributed by atoms with Gasteiger partial charge in [0, 0.05) is 23.3 Å². The number of ether oxygens (including phenoxy) is 2. The van der Waals surface area contributed by atoms with Crippen molar-refractivity contribution in [2.45, 2.75) is 44.9 Å². The molecule has 4 rings (SSSR count). The Balaban J connectivity index is 1.36. The number of rotatable bonds is 7. The third-order valence-corrected chi connectivity index (χ3v) is 5.82. The maximum absolute atomic E-state index is 12.3. The average molecular weight is 409 g/mol. The van der Waals surface area contributed by atoms with E-state index >= 15 is 0 Å². The fraction of sp³-hybridized carbons (Fsp3) is 0.417. The van der Waals surface area contributed by atoms with Gasteiger partial charge in [0.25, 0.3) is 5.91 Å². The molecule has 1 amide bonds. The lowest BCUT2D eigenvalue weighted by Crippen LogP contribution is -2.21. The van der Waals surface area contributed by atoms with E-state index in [1.54, 1.807) is 13.2 Å². The number of hydrogen-bond donors (Lipinski definition) is 1. The van der Waals surface area contributed by atoms with Crippen LogP contribution in [0.4, 0.5) is 5.69 Å². The Hall–Kier alpha value is -3.02. The largest absolute Gasteiger partial charge is 0.495 e. The van der Waals surface area contributed by atoms with Crippen LogP contribution in [-0.4, -0.2) is 25.6 Å². The van der Waals surface area contributed by atoms with Crippen molar-refractivity contribution < 1.29 is 23.5 Å². The molecular weight excluding hydrogens is 382 g/mol. The predicted octanol–water partition coefficient (Wildman–Crippen LogP) is 5.44. The first-order valence-corrected chi connectivity index (χ1v) is 10.6. The van der Waals surface area contributed by atoms with E-state index in [0.29, 0.717) is 29.4 Å². The Labute approximate surface area is 175 Å². The SMILES string of the molecule is COc1cc2c(cc1NC(=O)COC(=O)CCC1CCCCC1)oc1ccccc12. The van der Waals surface area contributed by atoms with E-state index in [9.17, 15) is 9.59 Å². The molecule has 1 N–H and O–H groups in total. The summed E-state index contributed by atoms with van der Waals surface area (Å²) in [6.07, 6.45) is 7.39. The molecule has 6 nitrogen and oxygen atoms in total. The number of nitrogens with one attached hydrogen (secondary N) is 1. The first-order valence-electron chi connectivity index (χ1n) is 10.6. The summed E-state index contributed by atoms with van der Waals surface area (Å²) in [6.45, 7) is -0.315. The Kier molecular flexibility index (Phi) is 6.21. The molecular formula is C24H27NO5. The van der Waals surface area contributed by atoms with Gasteiger partial charge in [0.1, 0.15) is 16.9 Å². The van der Waals surface area contributed by atoms with Crippen LogP contribution < -0.4 is 10.1 Å². The highest BCUT2D eigenvalue weighted by Crippen LogP contribution is 2.36. The minimum atomic E-state index is -0.408. The second-order valence-electron chi connectivity index (χ2n) is 7.90. The van der Waals surface area contributed by atoms with Crippen molar-refractivity contribution in [2.75, 3.05) is 19.0 Å². The number of anilines is 1. The number of amides is 1. The molecule has 0 radical (unpaired) electrons. The molecule has 158 valence electrons. The van der Waals surface area contributed by atoms with Gasteiger partial charge in [0.05, 0.1) is 12.8 Å². The molecule has 2 aromatic carbocycles. The first kappa shape index (κ1) is 20.3. The van der Waals surface area contributed by atoms with Crippen LogP contribution in [-0.2, 0) is 14.3 Å². The molecule has 1 saturated carbocycles. The third kappa shape index (κ3) is 4.58. The van der Waals surface area contributed by atoms with Crippen molar-refractivity contribution in [3.63, 3.8) is 0 Å². The van der Waals surface area contributed by atoms with Crippen LogP contribution >= 0.6 is 0 Å². The van der Waals surface area contributed by atoms with Gasteiger partial charge in [-0.2, -0.15) is 0 Å². The molecule has 0 atom stereocenters. The molecule has 30 heavy (non-hydrogen) atoms. The maximum atomic E-state index is 12.3. The summed E-state index contributed by atoms with van der Waals surface area (Å²) in [6, 6.07) is 11.3. The number of esters is 1. The summed E-state index contributed by atoms with van der Waals surface area (Å²) in [4.78, 5) is 24.3. The summed E-state index contributed by atoms with van der Waals surface area (Å²) < 4.78 is 16.5. The van der Waals surface area contributed by atoms with Crippen LogP contribution in [0.1, 0.15) is 44.9 Å². The molecule has 0 saturated heterocycles. The van der Waals surface area contributed by atoms with Gasteiger partial charge in [0.15, 0.2) is 6.61 Å². The summed E-state index contributed by atoms with van der Waals surface area (Å²) >= 11 is 0. The van der Waals surface area contributed by atoms with E-state index in [4.69, 9.17) is 13.9 Å². The van der Waals surface area contributed by atoms with Crippen LogP contribution in [0.25, 0.3) is 21.9 Å². The van der Waals surface area contributed by atoms with Gasteiger partial charge in [-0.1, -0.05) is 50.3 Å². The lowest BCUT2D eigenvalue weighted by molar-refractivity contribution is -0.147.